The number of nitrogens with two attached hydrogens (primary N) is 1. The van der Waals surface area contributed by atoms with Gasteiger partial charge >= 0.3 is 0 Å². The third-order valence-corrected chi connectivity index (χ3v) is 3.05. The summed E-state index contributed by atoms with van der Waals surface area (Å²) < 4.78 is 5.57. The number of benzene rings is 1. The first-order valence-electron chi connectivity index (χ1n) is 5.80. The molecule has 1 aromatic rings. The highest BCUT2D eigenvalue weighted by molar-refractivity contribution is 5.97. The Morgan fingerprint density at radius 2 is 2.12 bits per heavy atom. The smallest absolute Gasteiger partial charge is 0.256 e. The summed E-state index contributed by atoms with van der Waals surface area (Å²) in [5, 5.41) is 2.88. The van der Waals surface area contributed by atoms with Crippen molar-refractivity contribution in [1.82, 2.24) is 0 Å². The van der Waals surface area contributed by atoms with Gasteiger partial charge in [0.1, 0.15) is 5.60 Å². The summed E-state index contributed by atoms with van der Waals surface area (Å²) in [6.45, 7) is 4.01. The van der Waals surface area contributed by atoms with Gasteiger partial charge in [0.05, 0.1) is 0 Å². The van der Waals surface area contributed by atoms with Crippen LogP contribution in [0.25, 0.3) is 0 Å². The van der Waals surface area contributed by atoms with Gasteiger partial charge in [0.25, 0.3) is 5.91 Å². The summed E-state index contributed by atoms with van der Waals surface area (Å²) >= 11 is 0. The van der Waals surface area contributed by atoms with Crippen LogP contribution in [0.1, 0.15) is 31.9 Å². The molecule has 1 aliphatic heterocycles. The molecule has 1 unspecified atom stereocenters. The predicted octanol–water partition coefficient (Wildman–Crippen LogP) is 1.82. The summed E-state index contributed by atoms with van der Waals surface area (Å²) in [6, 6.07) is 7.51. The average molecular weight is 234 g/mol. The van der Waals surface area contributed by atoms with Crippen LogP contribution in [0.5, 0.6) is 0 Å². The Hall–Kier alpha value is -1.39. The van der Waals surface area contributed by atoms with Crippen LogP contribution in [0.4, 0.5) is 5.69 Å². The molecular formula is C13H18N2O2. The molecule has 0 spiro atoms. The molecule has 17 heavy (non-hydrogen) atoms. The molecule has 1 amide bonds. The molecular weight excluding hydrogens is 216 g/mol. The predicted molar refractivity (Wildman–Crippen MR) is 66.6 cm³/mol. The maximum absolute atomic E-state index is 12.0. The number of para-hydroxylation sites is 1. The lowest BCUT2D eigenvalue weighted by atomic mass is 10.0. The van der Waals surface area contributed by atoms with Gasteiger partial charge in [0.2, 0.25) is 0 Å². The molecule has 1 aliphatic rings. The molecule has 3 N–H and O–H groups in total. The van der Waals surface area contributed by atoms with E-state index < -0.39 is 5.60 Å². The van der Waals surface area contributed by atoms with Crippen LogP contribution in [-0.2, 0) is 9.53 Å². The summed E-state index contributed by atoms with van der Waals surface area (Å²) in [5.74, 6) is -0.140. The number of nitrogens with one attached hydrogen (secondary N) is 1. The third kappa shape index (κ3) is 2.48. The second-order valence-electron chi connectivity index (χ2n) is 4.80. The standard InChI is InChI=1S/C13H18N2O2/c1-13(2)12(16)15-11-6-4-3-5-9(11)10(14)7-8-17-13/h3-6,10H,7-8,14H2,1-2H3,(H,15,16). The largest absolute Gasteiger partial charge is 0.366 e. The number of rotatable bonds is 0. The number of carbonyl (C=O) groups excluding carboxylic acids is 1. The number of hydrogen-bond acceptors (Lipinski definition) is 3. The van der Waals surface area contributed by atoms with E-state index in [9.17, 15) is 4.79 Å². The fourth-order valence-corrected chi connectivity index (χ4v) is 1.87. The van der Waals surface area contributed by atoms with E-state index in [0.29, 0.717) is 13.0 Å². The molecule has 0 aliphatic carbocycles. The van der Waals surface area contributed by atoms with Gasteiger partial charge in [-0.05, 0) is 31.9 Å². The van der Waals surface area contributed by atoms with Gasteiger partial charge in [-0.15, -0.1) is 0 Å². The van der Waals surface area contributed by atoms with E-state index >= 15 is 0 Å². The van der Waals surface area contributed by atoms with Crippen molar-refractivity contribution in [3.05, 3.63) is 29.8 Å². The maximum atomic E-state index is 12.0. The fraction of sp³-hybridized carbons (Fsp3) is 0.462. The van der Waals surface area contributed by atoms with Gasteiger partial charge < -0.3 is 15.8 Å². The Bertz CT molecular complexity index is 429. The number of fused-ring (bicyclic) bond motifs is 1. The lowest BCUT2D eigenvalue weighted by molar-refractivity contribution is -0.137. The zero-order valence-corrected chi connectivity index (χ0v) is 10.2. The Morgan fingerprint density at radius 3 is 2.88 bits per heavy atom. The molecule has 0 saturated carbocycles. The minimum atomic E-state index is -0.822. The van der Waals surface area contributed by atoms with Crippen molar-refractivity contribution in [3.63, 3.8) is 0 Å². The molecule has 0 aromatic heterocycles. The molecule has 1 heterocycles. The summed E-state index contributed by atoms with van der Waals surface area (Å²) in [7, 11) is 0. The molecule has 0 saturated heterocycles. The van der Waals surface area contributed by atoms with Gasteiger partial charge in [-0.1, -0.05) is 18.2 Å². The number of ether oxygens (including phenoxy) is 1. The van der Waals surface area contributed by atoms with E-state index in [2.05, 4.69) is 5.32 Å². The van der Waals surface area contributed by atoms with Crippen LogP contribution in [0, 0.1) is 0 Å². The fourth-order valence-electron chi connectivity index (χ4n) is 1.87. The van der Waals surface area contributed by atoms with E-state index in [-0.39, 0.29) is 11.9 Å². The summed E-state index contributed by atoms with van der Waals surface area (Å²) in [6.07, 6.45) is 0.704. The van der Waals surface area contributed by atoms with Crippen molar-refractivity contribution in [3.8, 4) is 0 Å². The molecule has 1 aromatic carbocycles. The number of hydrogen-bond donors (Lipinski definition) is 2. The van der Waals surface area contributed by atoms with Gasteiger partial charge in [-0.2, -0.15) is 0 Å². The van der Waals surface area contributed by atoms with E-state index in [1.54, 1.807) is 13.8 Å². The average Bonchev–Trinajstić information content (AvgIpc) is 2.31. The third-order valence-electron chi connectivity index (χ3n) is 3.05. The quantitative estimate of drug-likeness (QED) is 0.719. The zero-order valence-electron chi connectivity index (χ0n) is 10.2. The van der Waals surface area contributed by atoms with Crippen molar-refractivity contribution in [2.75, 3.05) is 11.9 Å². The van der Waals surface area contributed by atoms with Crippen LogP contribution in [0.3, 0.4) is 0 Å². The molecule has 1 atom stereocenters. The van der Waals surface area contributed by atoms with Gasteiger partial charge in [0.15, 0.2) is 0 Å². The normalized spacial score (nSPS) is 23.9. The molecule has 4 nitrogen and oxygen atoms in total. The summed E-state index contributed by atoms with van der Waals surface area (Å²) in [5.41, 5.74) is 7.01. The molecule has 0 radical (unpaired) electrons. The van der Waals surface area contributed by atoms with Crippen molar-refractivity contribution >= 4 is 11.6 Å². The van der Waals surface area contributed by atoms with Crippen LogP contribution in [-0.4, -0.2) is 18.1 Å². The molecule has 4 heteroatoms. The van der Waals surface area contributed by atoms with Crippen molar-refractivity contribution in [2.24, 2.45) is 5.73 Å². The number of amides is 1. The number of carbonyl (C=O) groups is 1. The van der Waals surface area contributed by atoms with Crippen LogP contribution >= 0.6 is 0 Å². The molecule has 0 bridgehead atoms. The Balaban J connectivity index is 2.38. The lowest BCUT2D eigenvalue weighted by Gasteiger charge is -2.23. The first kappa shape index (κ1) is 12.1. The van der Waals surface area contributed by atoms with E-state index in [1.807, 2.05) is 24.3 Å². The SMILES string of the molecule is CC1(C)OCCC(N)c2ccccc2NC1=O. The van der Waals surface area contributed by atoms with Crippen molar-refractivity contribution in [1.29, 1.82) is 0 Å². The summed E-state index contributed by atoms with van der Waals surface area (Å²) in [4.78, 5) is 12.0. The molecule has 0 fully saturated rings. The Morgan fingerprint density at radius 1 is 1.41 bits per heavy atom. The Labute approximate surface area is 101 Å². The van der Waals surface area contributed by atoms with Crippen molar-refractivity contribution < 1.29 is 9.53 Å². The lowest BCUT2D eigenvalue weighted by Crippen LogP contribution is -2.39. The first-order valence-corrected chi connectivity index (χ1v) is 5.80. The number of anilines is 1. The van der Waals surface area contributed by atoms with Gasteiger partial charge in [-0.25, -0.2) is 0 Å². The highest BCUT2D eigenvalue weighted by Gasteiger charge is 2.30. The molecule has 2 rings (SSSR count). The van der Waals surface area contributed by atoms with E-state index in [0.717, 1.165) is 11.3 Å². The first-order chi connectivity index (χ1) is 8.00. The van der Waals surface area contributed by atoms with E-state index in [4.69, 9.17) is 10.5 Å². The van der Waals surface area contributed by atoms with Crippen LogP contribution in [0.15, 0.2) is 24.3 Å². The highest BCUT2D eigenvalue weighted by atomic mass is 16.5. The van der Waals surface area contributed by atoms with Crippen LogP contribution < -0.4 is 11.1 Å². The second kappa shape index (κ2) is 4.47. The monoisotopic (exact) mass is 234 g/mol. The van der Waals surface area contributed by atoms with Crippen molar-refractivity contribution in [2.45, 2.75) is 31.9 Å². The minimum Gasteiger partial charge on any atom is -0.366 e. The van der Waals surface area contributed by atoms with Crippen LogP contribution in [0.2, 0.25) is 0 Å². The van der Waals surface area contributed by atoms with E-state index in [1.165, 1.54) is 0 Å². The maximum Gasteiger partial charge on any atom is 0.256 e. The van der Waals surface area contributed by atoms with Gasteiger partial charge in [-0.3, -0.25) is 4.79 Å². The minimum absolute atomic E-state index is 0.111. The molecule has 92 valence electrons. The van der Waals surface area contributed by atoms with Gasteiger partial charge in [0, 0.05) is 18.3 Å². The topological polar surface area (TPSA) is 64.3 Å². The highest BCUT2D eigenvalue weighted by Crippen LogP contribution is 2.27. The second-order valence-corrected chi connectivity index (χ2v) is 4.80. The Kier molecular flexibility index (Phi) is 3.17. The zero-order chi connectivity index (χ0) is 12.5.